The molecule has 17 heavy (non-hydrogen) atoms. The van der Waals surface area contributed by atoms with Crippen molar-refractivity contribution in [2.75, 3.05) is 13.1 Å². The van der Waals surface area contributed by atoms with Gasteiger partial charge in [-0.1, -0.05) is 22.0 Å². The number of β-amino-alcohol motifs (C(OH)–C–C–N with tert-alkyl or cyclic N) is 1. The van der Waals surface area contributed by atoms with E-state index in [1.807, 2.05) is 6.07 Å². The van der Waals surface area contributed by atoms with Crippen molar-refractivity contribution in [3.63, 3.8) is 0 Å². The maximum absolute atomic E-state index is 12.3. The molecular weight excluding hydrogens is 306 g/mol. The molecule has 1 heterocycles. The minimum atomic E-state index is -3.48. The largest absolute Gasteiger partial charge is 0.392 e. The molecule has 0 unspecified atom stereocenters. The Morgan fingerprint density at radius 3 is 2.76 bits per heavy atom. The van der Waals surface area contributed by atoms with Crippen LogP contribution in [0.4, 0.5) is 0 Å². The molecule has 0 saturated carbocycles. The zero-order valence-corrected chi connectivity index (χ0v) is 11.8. The van der Waals surface area contributed by atoms with Gasteiger partial charge in [-0.2, -0.15) is 4.31 Å². The molecule has 1 aromatic rings. The Kier molecular flexibility index (Phi) is 3.58. The predicted molar refractivity (Wildman–Crippen MR) is 68.3 cm³/mol. The third-order valence-corrected chi connectivity index (χ3v) is 5.39. The van der Waals surface area contributed by atoms with Crippen molar-refractivity contribution in [2.24, 2.45) is 0 Å². The Balaban J connectivity index is 2.41. The van der Waals surface area contributed by atoms with Gasteiger partial charge in [0.05, 0.1) is 11.0 Å². The van der Waals surface area contributed by atoms with E-state index in [4.69, 9.17) is 0 Å². The first-order chi connectivity index (χ1) is 7.91. The summed E-state index contributed by atoms with van der Waals surface area (Å²) in [6, 6.07) is 5.19. The van der Waals surface area contributed by atoms with Crippen LogP contribution in [0.1, 0.15) is 12.0 Å². The van der Waals surface area contributed by atoms with Crippen LogP contribution in [-0.4, -0.2) is 37.0 Å². The highest BCUT2D eigenvalue weighted by Crippen LogP contribution is 2.26. The van der Waals surface area contributed by atoms with Crippen LogP contribution in [0.5, 0.6) is 0 Å². The van der Waals surface area contributed by atoms with Crippen molar-refractivity contribution in [3.05, 3.63) is 28.2 Å². The van der Waals surface area contributed by atoms with Crippen molar-refractivity contribution in [2.45, 2.75) is 24.3 Å². The predicted octanol–water partition coefficient (Wildman–Crippen LogP) is 1.51. The number of halogens is 1. The van der Waals surface area contributed by atoms with Gasteiger partial charge in [0.15, 0.2) is 0 Å². The summed E-state index contributed by atoms with van der Waals surface area (Å²) in [6.45, 7) is 2.34. The molecule has 4 nitrogen and oxygen atoms in total. The number of sulfonamides is 1. The maximum atomic E-state index is 12.3. The highest BCUT2D eigenvalue weighted by Gasteiger charge is 2.32. The van der Waals surface area contributed by atoms with Crippen molar-refractivity contribution < 1.29 is 13.5 Å². The van der Waals surface area contributed by atoms with E-state index in [-0.39, 0.29) is 6.54 Å². The van der Waals surface area contributed by atoms with Gasteiger partial charge in [-0.3, -0.25) is 0 Å². The van der Waals surface area contributed by atoms with E-state index in [2.05, 4.69) is 15.9 Å². The Morgan fingerprint density at radius 1 is 1.47 bits per heavy atom. The van der Waals surface area contributed by atoms with Crippen LogP contribution in [-0.2, 0) is 10.0 Å². The van der Waals surface area contributed by atoms with Crippen LogP contribution in [0.2, 0.25) is 0 Å². The second kappa shape index (κ2) is 4.68. The lowest BCUT2D eigenvalue weighted by Gasteiger charge is -2.17. The van der Waals surface area contributed by atoms with Crippen molar-refractivity contribution in [1.82, 2.24) is 4.31 Å². The molecule has 0 bridgehead atoms. The molecule has 1 atom stereocenters. The second-order valence-corrected chi connectivity index (χ2v) is 7.04. The highest BCUT2D eigenvalue weighted by atomic mass is 79.9. The SMILES string of the molecule is Cc1ccc(Br)cc1S(=O)(=O)N1CC[C@H](O)C1. The van der Waals surface area contributed by atoms with Crippen LogP contribution in [0, 0.1) is 6.92 Å². The summed E-state index contributed by atoms with van der Waals surface area (Å²) >= 11 is 3.28. The third kappa shape index (κ3) is 2.54. The zero-order chi connectivity index (χ0) is 12.6. The lowest BCUT2D eigenvalue weighted by atomic mass is 10.2. The van der Waals surface area contributed by atoms with Crippen LogP contribution in [0.15, 0.2) is 27.6 Å². The summed E-state index contributed by atoms with van der Waals surface area (Å²) in [5.74, 6) is 0. The number of hydrogen-bond donors (Lipinski definition) is 1. The summed E-state index contributed by atoms with van der Waals surface area (Å²) < 4.78 is 26.8. The van der Waals surface area contributed by atoms with Gasteiger partial charge in [0.2, 0.25) is 10.0 Å². The molecule has 1 saturated heterocycles. The van der Waals surface area contributed by atoms with Crippen molar-refractivity contribution in [3.8, 4) is 0 Å². The summed E-state index contributed by atoms with van der Waals surface area (Å²) in [6.07, 6.45) is -0.0380. The Morgan fingerprint density at radius 2 is 2.18 bits per heavy atom. The number of aliphatic hydroxyl groups is 1. The first kappa shape index (κ1) is 13.0. The van der Waals surface area contributed by atoms with Crippen molar-refractivity contribution >= 4 is 26.0 Å². The normalized spacial score (nSPS) is 21.9. The Bertz CT molecular complexity index is 530. The lowest BCUT2D eigenvalue weighted by molar-refractivity contribution is 0.189. The van der Waals surface area contributed by atoms with Gasteiger partial charge < -0.3 is 5.11 Å². The molecule has 0 aliphatic carbocycles. The summed E-state index contributed by atoms with van der Waals surface area (Å²) in [7, 11) is -3.48. The zero-order valence-electron chi connectivity index (χ0n) is 9.43. The number of aryl methyl sites for hydroxylation is 1. The molecule has 1 N–H and O–H groups in total. The molecule has 0 radical (unpaired) electrons. The maximum Gasteiger partial charge on any atom is 0.243 e. The molecule has 6 heteroatoms. The average molecular weight is 320 g/mol. The number of benzene rings is 1. The van der Waals surface area contributed by atoms with E-state index >= 15 is 0 Å². The lowest BCUT2D eigenvalue weighted by Crippen LogP contribution is -2.30. The van der Waals surface area contributed by atoms with E-state index in [0.717, 1.165) is 10.0 Å². The minimum absolute atomic E-state index is 0.189. The minimum Gasteiger partial charge on any atom is -0.392 e. The van der Waals surface area contributed by atoms with E-state index in [9.17, 15) is 13.5 Å². The molecule has 0 spiro atoms. The standard InChI is InChI=1S/C11H14BrNO3S/c1-8-2-3-9(12)6-11(8)17(15,16)13-5-4-10(14)7-13/h2-3,6,10,14H,4-5,7H2,1H3/t10-/m0/s1. The van der Waals surface area contributed by atoms with Crippen LogP contribution in [0.3, 0.4) is 0 Å². The summed E-state index contributed by atoms with van der Waals surface area (Å²) in [4.78, 5) is 0.306. The third-order valence-electron chi connectivity index (χ3n) is 2.89. The van der Waals surface area contributed by atoms with E-state index in [0.29, 0.717) is 17.9 Å². The van der Waals surface area contributed by atoms with Crippen molar-refractivity contribution in [1.29, 1.82) is 0 Å². The van der Waals surface area contributed by atoms with E-state index in [1.54, 1.807) is 19.1 Å². The molecule has 1 aliphatic rings. The van der Waals surface area contributed by atoms with Gasteiger partial charge >= 0.3 is 0 Å². The molecule has 2 rings (SSSR count). The van der Waals surface area contributed by atoms with Gasteiger partial charge in [0, 0.05) is 17.6 Å². The van der Waals surface area contributed by atoms with Crippen LogP contribution in [0.25, 0.3) is 0 Å². The fourth-order valence-corrected chi connectivity index (χ4v) is 4.18. The summed E-state index contributed by atoms with van der Waals surface area (Å²) in [5, 5.41) is 9.42. The Hall–Kier alpha value is -0.430. The molecule has 1 aliphatic heterocycles. The Labute approximate surface area is 109 Å². The molecular formula is C11H14BrNO3S. The topological polar surface area (TPSA) is 57.6 Å². The van der Waals surface area contributed by atoms with Crippen LogP contribution < -0.4 is 0 Å². The smallest absolute Gasteiger partial charge is 0.243 e. The highest BCUT2D eigenvalue weighted by molar-refractivity contribution is 9.10. The van der Waals surface area contributed by atoms with Gasteiger partial charge in [-0.05, 0) is 31.0 Å². The molecule has 0 amide bonds. The van der Waals surface area contributed by atoms with E-state index < -0.39 is 16.1 Å². The van der Waals surface area contributed by atoms with Gasteiger partial charge in [-0.15, -0.1) is 0 Å². The van der Waals surface area contributed by atoms with Crippen LogP contribution >= 0.6 is 15.9 Å². The number of nitrogens with zero attached hydrogens (tertiary/aromatic N) is 1. The molecule has 1 aromatic carbocycles. The van der Waals surface area contributed by atoms with Gasteiger partial charge in [0.25, 0.3) is 0 Å². The quantitative estimate of drug-likeness (QED) is 0.899. The number of rotatable bonds is 2. The fourth-order valence-electron chi connectivity index (χ4n) is 1.92. The summed E-state index contributed by atoms with van der Waals surface area (Å²) in [5.41, 5.74) is 0.717. The average Bonchev–Trinajstić information content (AvgIpc) is 2.69. The first-order valence-electron chi connectivity index (χ1n) is 5.35. The molecule has 94 valence electrons. The van der Waals surface area contributed by atoms with Gasteiger partial charge in [-0.25, -0.2) is 8.42 Å². The number of aliphatic hydroxyl groups excluding tert-OH is 1. The van der Waals surface area contributed by atoms with E-state index in [1.165, 1.54) is 4.31 Å². The first-order valence-corrected chi connectivity index (χ1v) is 7.59. The monoisotopic (exact) mass is 319 g/mol. The fraction of sp³-hybridized carbons (Fsp3) is 0.455. The second-order valence-electron chi connectivity index (χ2n) is 4.22. The molecule has 1 fully saturated rings. The van der Waals surface area contributed by atoms with Gasteiger partial charge in [0.1, 0.15) is 0 Å². The number of hydrogen-bond acceptors (Lipinski definition) is 3. The molecule has 0 aromatic heterocycles.